The minimum atomic E-state index is -0.936. The molecule has 1 N–H and O–H groups in total. The summed E-state index contributed by atoms with van der Waals surface area (Å²) in [5, 5.41) is 2.93. The highest BCUT2D eigenvalue weighted by molar-refractivity contribution is 5.82. The van der Waals surface area contributed by atoms with Gasteiger partial charge in [-0.15, -0.1) is 0 Å². The van der Waals surface area contributed by atoms with Gasteiger partial charge in [0.05, 0.1) is 18.8 Å². The number of halogens is 2. The van der Waals surface area contributed by atoms with Crippen molar-refractivity contribution >= 4 is 11.6 Å². The molecule has 1 aromatic rings. The van der Waals surface area contributed by atoms with Gasteiger partial charge < -0.3 is 19.9 Å². The number of nitrogens with one attached hydrogen (secondary N) is 1. The molecule has 0 aromatic heterocycles. The number of nitrogens with zero attached hydrogens (tertiary/aromatic N) is 2. The molecule has 0 radical (unpaired) electrons. The summed E-state index contributed by atoms with van der Waals surface area (Å²) in [5.41, 5.74) is 0.823. The molecular weight excluding hydrogens is 304 g/mol. The van der Waals surface area contributed by atoms with Gasteiger partial charge in [0.15, 0.2) is 0 Å². The number of alkyl halides is 1. The van der Waals surface area contributed by atoms with Crippen LogP contribution in [0.2, 0.25) is 0 Å². The Labute approximate surface area is 134 Å². The van der Waals surface area contributed by atoms with Gasteiger partial charge in [-0.25, -0.2) is 8.78 Å². The van der Waals surface area contributed by atoms with E-state index in [-0.39, 0.29) is 24.7 Å². The summed E-state index contributed by atoms with van der Waals surface area (Å²) in [6, 6.07) is 4.05. The zero-order chi connectivity index (χ0) is 16.4. The number of carbonyl (C=O) groups excluding carboxylic acids is 1. The average Bonchev–Trinajstić information content (AvgIpc) is 3.00. The lowest BCUT2D eigenvalue weighted by atomic mass is 10.1. The lowest BCUT2D eigenvalue weighted by Crippen LogP contribution is -2.53. The third kappa shape index (κ3) is 3.39. The van der Waals surface area contributed by atoms with Crippen molar-refractivity contribution in [3.63, 3.8) is 0 Å². The van der Waals surface area contributed by atoms with Crippen molar-refractivity contribution in [1.29, 1.82) is 0 Å². The van der Waals surface area contributed by atoms with E-state index in [4.69, 9.17) is 4.74 Å². The van der Waals surface area contributed by atoms with Gasteiger partial charge in [0.25, 0.3) is 0 Å². The van der Waals surface area contributed by atoms with Gasteiger partial charge in [0.1, 0.15) is 17.7 Å². The van der Waals surface area contributed by atoms with Crippen molar-refractivity contribution in [2.45, 2.75) is 18.6 Å². The van der Waals surface area contributed by atoms with E-state index >= 15 is 0 Å². The Morgan fingerprint density at radius 1 is 1.30 bits per heavy atom. The van der Waals surface area contributed by atoms with Crippen LogP contribution in [0.25, 0.3) is 0 Å². The van der Waals surface area contributed by atoms with Crippen molar-refractivity contribution in [3.05, 3.63) is 24.0 Å². The first kappa shape index (κ1) is 16.0. The number of anilines is 1. The predicted octanol–water partition coefficient (Wildman–Crippen LogP) is 1.18. The maximum Gasteiger partial charge on any atom is 0.239 e. The summed E-state index contributed by atoms with van der Waals surface area (Å²) >= 11 is 0. The number of piperazine rings is 1. The molecule has 2 atom stereocenters. The van der Waals surface area contributed by atoms with Crippen molar-refractivity contribution in [3.8, 4) is 5.75 Å². The van der Waals surface area contributed by atoms with Crippen LogP contribution in [-0.2, 0) is 4.79 Å². The molecule has 2 saturated heterocycles. The minimum absolute atomic E-state index is 0.0316. The molecule has 0 bridgehead atoms. The van der Waals surface area contributed by atoms with E-state index in [9.17, 15) is 13.6 Å². The highest BCUT2D eigenvalue weighted by Crippen LogP contribution is 2.29. The summed E-state index contributed by atoms with van der Waals surface area (Å²) in [6.45, 7) is 2.66. The Hall–Kier alpha value is -1.89. The van der Waals surface area contributed by atoms with E-state index in [2.05, 4.69) is 10.2 Å². The van der Waals surface area contributed by atoms with E-state index in [1.54, 1.807) is 11.0 Å². The number of hydrogen-bond acceptors (Lipinski definition) is 4. The standard InChI is InChI=1S/C16H21F2N3O2/c1-23-15-9-11(17)2-3-14(15)20-4-6-21(7-5-20)16(22)13-8-12(18)10-19-13/h2-3,9,12-13,19H,4-8,10H2,1H3/t12-,13+/m0/s1. The molecule has 23 heavy (non-hydrogen) atoms. The molecule has 1 amide bonds. The third-order valence-electron chi connectivity index (χ3n) is 4.45. The Balaban J connectivity index is 1.61. The maximum atomic E-state index is 13.3. The third-order valence-corrected chi connectivity index (χ3v) is 4.45. The number of hydrogen-bond donors (Lipinski definition) is 1. The first-order chi connectivity index (χ1) is 11.1. The Bertz CT molecular complexity index is 576. The van der Waals surface area contributed by atoms with Gasteiger partial charge in [-0.1, -0.05) is 0 Å². The van der Waals surface area contributed by atoms with Crippen molar-refractivity contribution in [2.24, 2.45) is 0 Å². The fraction of sp³-hybridized carbons (Fsp3) is 0.562. The SMILES string of the molecule is COc1cc(F)ccc1N1CCN(C(=O)[C@H]2C[C@H](F)CN2)CC1. The van der Waals surface area contributed by atoms with Gasteiger partial charge in [-0.3, -0.25) is 4.79 Å². The van der Waals surface area contributed by atoms with Crippen LogP contribution < -0.4 is 15.0 Å². The molecule has 3 rings (SSSR count). The molecule has 126 valence electrons. The van der Waals surface area contributed by atoms with Crippen LogP contribution in [0.4, 0.5) is 14.5 Å². The van der Waals surface area contributed by atoms with E-state index in [1.165, 1.54) is 19.2 Å². The van der Waals surface area contributed by atoms with Crippen LogP contribution in [0, 0.1) is 5.82 Å². The number of ether oxygens (including phenoxy) is 1. The average molecular weight is 325 g/mol. The molecule has 2 fully saturated rings. The topological polar surface area (TPSA) is 44.8 Å². The van der Waals surface area contributed by atoms with E-state index in [0.717, 1.165) is 5.69 Å². The summed E-state index contributed by atoms with van der Waals surface area (Å²) in [5.74, 6) is 0.117. The molecular formula is C16H21F2N3O2. The van der Waals surface area contributed by atoms with E-state index in [1.807, 2.05) is 0 Å². The number of methoxy groups -OCH3 is 1. The fourth-order valence-corrected chi connectivity index (χ4v) is 3.18. The molecule has 7 heteroatoms. The van der Waals surface area contributed by atoms with Crippen LogP contribution in [0.5, 0.6) is 5.75 Å². The van der Waals surface area contributed by atoms with Crippen LogP contribution in [0.1, 0.15) is 6.42 Å². The molecule has 0 aliphatic carbocycles. The zero-order valence-corrected chi connectivity index (χ0v) is 13.1. The zero-order valence-electron chi connectivity index (χ0n) is 13.1. The van der Waals surface area contributed by atoms with Crippen LogP contribution >= 0.6 is 0 Å². The molecule has 1 aromatic carbocycles. The maximum absolute atomic E-state index is 13.3. The van der Waals surface area contributed by atoms with Crippen LogP contribution in [0.3, 0.4) is 0 Å². The summed E-state index contributed by atoms with van der Waals surface area (Å²) in [4.78, 5) is 16.2. The second-order valence-corrected chi connectivity index (χ2v) is 5.92. The highest BCUT2D eigenvalue weighted by Gasteiger charge is 2.33. The van der Waals surface area contributed by atoms with Gasteiger partial charge in [-0.2, -0.15) is 0 Å². The van der Waals surface area contributed by atoms with Gasteiger partial charge >= 0.3 is 0 Å². The van der Waals surface area contributed by atoms with Crippen LogP contribution in [0.15, 0.2) is 18.2 Å². The van der Waals surface area contributed by atoms with Gasteiger partial charge in [0, 0.05) is 45.2 Å². The number of benzene rings is 1. The van der Waals surface area contributed by atoms with Gasteiger partial charge in [-0.05, 0) is 12.1 Å². The van der Waals surface area contributed by atoms with Crippen molar-refractivity contribution < 1.29 is 18.3 Å². The van der Waals surface area contributed by atoms with E-state index in [0.29, 0.717) is 31.9 Å². The summed E-state index contributed by atoms with van der Waals surface area (Å²) in [6.07, 6.45) is -0.682. The normalized spacial score (nSPS) is 24.8. The monoisotopic (exact) mass is 325 g/mol. The Morgan fingerprint density at radius 3 is 2.65 bits per heavy atom. The molecule has 0 saturated carbocycles. The number of amides is 1. The lowest BCUT2D eigenvalue weighted by molar-refractivity contribution is -0.133. The van der Waals surface area contributed by atoms with E-state index < -0.39 is 12.2 Å². The van der Waals surface area contributed by atoms with Gasteiger partial charge in [0.2, 0.25) is 5.91 Å². The van der Waals surface area contributed by atoms with Crippen molar-refractivity contribution in [1.82, 2.24) is 10.2 Å². The second kappa shape index (κ2) is 6.70. The fourth-order valence-electron chi connectivity index (χ4n) is 3.18. The molecule has 2 aliphatic rings. The quantitative estimate of drug-likeness (QED) is 0.907. The summed E-state index contributed by atoms with van der Waals surface area (Å²) < 4.78 is 31.7. The lowest BCUT2D eigenvalue weighted by Gasteiger charge is -2.37. The Morgan fingerprint density at radius 2 is 2.04 bits per heavy atom. The van der Waals surface area contributed by atoms with Crippen molar-refractivity contribution in [2.75, 3.05) is 44.7 Å². The molecule has 5 nitrogen and oxygen atoms in total. The molecule has 0 unspecified atom stereocenters. The minimum Gasteiger partial charge on any atom is -0.494 e. The first-order valence-electron chi connectivity index (χ1n) is 7.83. The summed E-state index contributed by atoms with van der Waals surface area (Å²) in [7, 11) is 1.51. The van der Waals surface area contributed by atoms with Crippen LogP contribution in [-0.4, -0.2) is 62.9 Å². The highest BCUT2D eigenvalue weighted by atomic mass is 19.1. The number of carbonyl (C=O) groups is 1. The molecule has 0 spiro atoms. The largest absolute Gasteiger partial charge is 0.494 e. The Kier molecular flexibility index (Phi) is 4.66. The molecule has 2 aliphatic heterocycles. The number of rotatable bonds is 3. The second-order valence-electron chi connectivity index (χ2n) is 5.92. The smallest absolute Gasteiger partial charge is 0.239 e. The molecule has 2 heterocycles. The first-order valence-corrected chi connectivity index (χ1v) is 7.83. The predicted molar refractivity (Wildman–Crippen MR) is 83.0 cm³/mol.